The van der Waals surface area contributed by atoms with Crippen molar-refractivity contribution in [3.05, 3.63) is 29.3 Å². The predicted octanol–water partition coefficient (Wildman–Crippen LogP) is 1.53. The monoisotopic (exact) mass is 258 g/mol. The van der Waals surface area contributed by atoms with Crippen LogP contribution in [0.4, 0.5) is 5.69 Å². The maximum Gasteiger partial charge on any atom is 0.0991 e. The van der Waals surface area contributed by atoms with Crippen LogP contribution in [-0.2, 0) is 0 Å². The topological polar surface area (TPSA) is 42.3 Å². The van der Waals surface area contributed by atoms with Crippen molar-refractivity contribution in [3.8, 4) is 6.07 Å². The van der Waals surface area contributed by atoms with E-state index in [2.05, 4.69) is 28.2 Å². The lowest BCUT2D eigenvalue weighted by molar-refractivity contribution is 0.158. The molecule has 4 heteroatoms. The fraction of sp³-hybridized carbons (Fsp3) is 0.533. The lowest BCUT2D eigenvalue weighted by Crippen LogP contribution is -2.45. The first kappa shape index (κ1) is 13.9. The Balaban J connectivity index is 1.78. The molecule has 0 unspecified atom stereocenters. The molecule has 1 fully saturated rings. The van der Waals surface area contributed by atoms with Crippen molar-refractivity contribution in [2.45, 2.75) is 6.92 Å². The van der Waals surface area contributed by atoms with Crippen molar-refractivity contribution in [1.82, 2.24) is 9.80 Å². The van der Waals surface area contributed by atoms with Crippen molar-refractivity contribution < 1.29 is 0 Å². The molecule has 2 rings (SSSR count). The molecule has 4 nitrogen and oxygen atoms in total. The van der Waals surface area contributed by atoms with Gasteiger partial charge in [0.2, 0.25) is 0 Å². The first-order chi connectivity index (χ1) is 9.19. The molecule has 1 aromatic carbocycles. The SMILES string of the molecule is Cc1cc(C#N)ccc1NCCN1CCN(C)CC1. The van der Waals surface area contributed by atoms with Crippen LogP contribution in [0.1, 0.15) is 11.1 Å². The summed E-state index contributed by atoms with van der Waals surface area (Å²) in [5.74, 6) is 0. The van der Waals surface area contributed by atoms with Crippen LogP contribution >= 0.6 is 0 Å². The van der Waals surface area contributed by atoms with Crippen LogP contribution in [0.2, 0.25) is 0 Å². The van der Waals surface area contributed by atoms with E-state index in [4.69, 9.17) is 5.26 Å². The van der Waals surface area contributed by atoms with Gasteiger partial charge in [0.1, 0.15) is 0 Å². The Kier molecular flexibility index (Phi) is 4.78. The third-order valence-electron chi connectivity index (χ3n) is 3.69. The zero-order valence-corrected chi connectivity index (χ0v) is 11.8. The summed E-state index contributed by atoms with van der Waals surface area (Å²) < 4.78 is 0. The van der Waals surface area contributed by atoms with Crippen LogP contribution in [0.3, 0.4) is 0 Å². The number of nitrogens with one attached hydrogen (secondary N) is 1. The van der Waals surface area contributed by atoms with Crippen LogP contribution in [-0.4, -0.2) is 56.1 Å². The summed E-state index contributed by atoms with van der Waals surface area (Å²) in [6.07, 6.45) is 0. The van der Waals surface area contributed by atoms with Gasteiger partial charge >= 0.3 is 0 Å². The molecular weight excluding hydrogens is 236 g/mol. The molecular formula is C15H22N4. The summed E-state index contributed by atoms with van der Waals surface area (Å²) in [5, 5.41) is 12.3. The molecule has 0 radical (unpaired) electrons. The molecule has 0 aromatic heterocycles. The number of aryl methyl sites for hydroxylation is 1. The van der Waals surface area contributed by atoms with E-state index >= 15 is 0 Å². The average molecular weight is 258 g/mol. The van der Waals surface area contributed by atoms with Gasteiger partial charge in [-0.3, -0.25) is 4.90 Å². The van der Waals surface area contributed by atoms with Crippen LogP contribution < -0.4 is 5.32 Å². The van der Waals surface area contributed by atoms with Gasteiger partial charge < -0.3 is 10.2 Å². The highest BCUT2D eigenvalue weighted by atomic mass is 15.2. The van der Waals surface area contributed by atoms with Gasteiger partial charge in [0.25, 0.3) is 0 Å². The van der Waals surface area contributed by atoms with E-state index in [1.807, 2.05) is 25.1 Å². The second-order valence-corrected chi connectivity index (χ2v) is 5.21. The predicted molar refractivity (Wildman–Crippen MR) is 78.3 cm³/mol. The summed E-state index contributed by atoms with van der Waals surface area (Å²) in [6.45, 7) is 8.71. The van der Waals surface area contributed by atoms with E-state index in [0.717, 1.165) is 56.1 Å². The molecule has 0 atom stereocenters. The smallest absolute Gasteiger partial charge is 0.0991 e. The summed E-state index contributed by atoms with van der Waals surface area (Å²) in [6, 6.07) is 7.96. The minimum atomic E-state index is 0.724. The Morgan fingerprint density at radius 1 is 1.26 bits per heavy atom. The van der Waals surface area contributed by atoms with Crippen LogP contribution in [0.5, 0.6) is 0 Å². The van der Waals surface area contributed by atoms with Crippen LogP contribution in [0, 0.1) is 18.3 Å². The number of likely N-dealkylation sites (N-methyl/N-ethyl adjacent to an activating group) is 1. The van der Waals surface area contributed by atoms with Crippen molar-refractivity contribution in [1.29, 1.82) is 5.26 Å². The largest absolute Gasteiger partial charge is 0.384 e. The minimum absolute atomic E-state index is 0.724. The Labute approximate surface area is 115 Å². The highest BCUT2D eigenvalue weighted by Gasteiger charge is 2.12. The van der Waals surface area contributed by atoms with E-state index in [0.29, 0.717) is 0 Å². The second kappa shape index (κ2) is 6.55. The number of hydrogen-bond donors (Lipinski definition) is 1. The third kappa shape index (κ3) is 3.95. The van der Waals surface area contributed by atoms with Gasteiger partial charge in [-0.25, -0.2) is 0 Å². The summed E-state index contributed by atoms with van der Waals surface area (Å²) >= 11 is 0. The number of hydrogen-bond acceptors (Lipinski definition) is 4. The highest BCUT2D eigenvalue weighted by Crippen LogP contribution is 2.15. The molecule has 1 aliphatic heterocycles. The molecule has 19 heavy (non-hydrogen) atoms. The first-order valence-corrected chi connectivity index (χ1v) is 6.84. The normalized spacial score (nSPS) is 17.1. The van der Waals surface area contributed by atoms with Crippen molar-refractivity contribution in [3.63, 3.8) is 0 Å². The summed E-state index contributed by atoms with van der Waals surface area (Å²) in [5.41, 5.74) is 2.99. The van der Waals surface area contributed by atoms with Gasteiger partial charge in [0, 0.05) is 45.0 Å². The molecule has 1 saturated heterocycles. The van der Waals surface area contributed by atoms with Crippen LogP contribution in [0.15, 0.2) is 18.2 Å². The third-order valence-corrected chi connectivity index (χ3v) is 3.69. The molecule has 1 aliphatic rings. The molecule has 1 aromatic rings. The molecule has 0 bridgehead atoms. The molecule has 0 aliphatic carbocycles. The van der Waals surface area contributed by atoms with E-state index < -0.39 is 0 Å². The van der Waals surface area contributed by atoms with Crippen molar-refractivity contribution in [2.24, 2.45) is 0 Å². The minimum Gasteiger partial charge on any atom is -0.384 e. The first-order valence-electron chi connectivity index (χ1n) is 6.84. The van der Waals surface area contributed by atoms with E-state index in [1.54, 1.807) is 0 Å². The Hall–Kier alpha value is -1.57. The number of rotatable bonds is 4. The summed E-state index contributed by atoms with van der Waals surface area (Å²) in [7, 11) is 2.18. The molecule has 0 spiro atoms. The number of nitrogens with zero attached hydrogens (tertiary/aromatic N) is 3. The Morgan fingerprint density at radius 2 is 2.00 bits per heavy atom. The number of nitriles is 1. The fourth-order valence-corrected chi connectivity index (χ4v) is 2.35. The van der Waals surface area contributed by atoms with Crippen molar-refractivity contribution >= 4 is 5.69 Å². The quantitative estimate of drug-likeness (QED) is 0.889. The maximum absolute atomic E-state index is 8.84. The summed E-state index contributed by atoms with van der Waals surface area (Å²) in [4.78, 5) is 4.86. The van der Waals surface area contributed by atoms with E-state index in [9.17, 15) is 0 Å². The number of benzene rings is 1. The van der Waals surface area contributed by atoms with Gasteiger partial charge in [-0.05, 0) is 37.7 Å². The standard InChI is InChI=1S/C15H22N4/c1-13-11-14(12-16)3-4-15(13)17-5-6-19-9-7-18(2)8-10-19/h3-4,11,17H,5-10H2,1-2H3. The van der Waals surface area contributed by atoms with Gasteiger partial charge in [0.05, 0.1) is 11.6 Å². The lowest BCUT2D eigenvalue weighted by Gasteiger charge is -2.32. The highest BCUT2D eigenvalue weighted by molar-refractivity contribution is 5.54. The molecule has 1 N–H and O–H groups in total. The van der Waals surface area contributed by atoms with E-state index in [-0.39, 0.29) is 0 Å². The van der Waals surface area contributed by atoms with Crippen molar-refractivity contribution in [2.75, 3.05) is 51.6 Å². The number of anilines is 1. The molecule has 1 heterocycles. The van der Waals surface area contributed by atoms with Gasteiger partial charge in [0.15, 0.2) is 0 Å². The average Bonchev–Trinajstić information content (AvgIpc) is 2.42. The zero-order valence-electron chi connectivity index (χ0n) is 11.8. The fourth-order valence-electron chi connectivity index (χ4n) is 2.35. The lowest BCUT2D eigenvalue weighted by atomic mass is 10.1. The van der Waals surface area contributed by atoms with Crippen LogP contribution in [0.25, 0.3) is 0 Å². The maximum atomic E-state index is 8.84. The molecule has 102 valence electrons. The van der Waals surface area contributed by atoms with E-state index in [1.165, 1.54) is 0 Å². The zero-order chi connectivity index (χ0) is 13.7. The van der Waals surface area contributed by atoms with Gasteiger partial charge in [-0.1, -0.05) is 0 Å². The molecule has 0 amide bonds. The van der Waals surface area contributed by atoms with Gasteiger partial charge in [-0.15, -0.1) is 0 Å². The second-order valence-electron chi connectivity index (χ2n) is 5.21. The van der Waals surface area contributed by atoms with Gasteiger partial charge in [-0.2, -0.15) is 5.26 Å². The molecule has 0 saturated carbocycles. The number of piperazine rings is 1. The Morgan fingerprint density at radius 3 is 2.63 bits per heavy atom. The Bertz CT molecular complexity index is 456.